The van der Waals surface area contributed by atoms with Crippen molar-refractivity contribution in [1.82, 2.24) is 0 Å². The van der Waals surface area contributed by atoms with E-state index in [1.807, 2.05) is 30.3 Å². The fourth-order valence-corrected chi connectivity index (χ4v) is 2.41. The average molecular weight is 341 g/mol. The summed E-state index contributed by atoms with van der Waals surface area (Å²) in [5.74, 6) is 0.837. The highest BCUT2D eigenvalue weighted by Crippen LogP contribution is 2.27. The van der Waals surface area contributed by atoms with Gasteiger partial charge in [0.15, 0.2) is 0 Å². The predicted molar refractivity (Wildman–Crippen MR) is 84.2 cm³/mol. The van der Waals surface area contributed by atoms with Crippen molar-refractivity contribution in [1.29, 1.82) is 0 Å². The maximum atomic E-state index is 6.01. The lowest BCUT2D eigenvalue weighted by Crippen LogP contribution is -2.02. The van der Waals surface area contributed by atoms with E-state index in [0.29, 0.717) is 6.54 Å². The normalized spacial score (nSPS) is 10.3. The number of benzene rings is 2. The van der Waals surface area contributed by atoms with Crippen LogP contribution < -0.4 is 10.1 Å². The van der Waals surface area contributed by atoms with Crippen LogP contribution in [0.15, 0.2) is 40.9 Å². The Morgan fingerprint density at radius 2 is 2.00 bits per heavy atom. The van der Waals surface area contributed by atoms with Gasteiger partial charge in [-0.2, -0.15) is 0 Å². The SMILES string of the molecule is COc1ccc(C)cc1NCc1cc(Cl)ccc1Br. The van der Waals surface area contributed by atoms with Gasteiger partial charge in [-0.15, -0.1) is 0 Å². The first kappa shape index (κ1) is 14.2. The first-order valence-electron chi connectivity index (χ1n) is 5.92. The topological polar surface area (TPSA) is 21.3 Å². The van der Waals surface area contributed by atoms with Crippen LogP contribution in [0, 0.1) is 6.92 Å². The van der Waals surface area contributed by atoms with Gasteiger partial charge in [-0.05, 0) is 48.4 Å². The molecule has 0 aliphatic rings. The van der Waals surface area contributed by atoms with Gasteiger partial charge in [0.05, 0.1) is 12.8 Å². The number of hydrogen-bond donors (Lipinski definition) is 1. The summed E-state index contributed by atoms with van der Waals surface area (Å²) in [5, 5.41) is 4.11. The number of aryl methyl sites for hydroxylation is 1. The molecule has 0 radical (unpaired) electrons. The smallest absolute Gasteiger partial charge is 0.141 e. The van der Waals surface area contributed by atoms with Gasteiger partial charge in [0.2, 0.25) is 0 Å². The second-order valence-electron chi connectivity index (χ2n) is 4.29. The first-order valence-corrected chi connectivity index (χ1v) is 7.09. The van der Waals surface area contributed by atoms with Gasteiger partial charge in [0.25, 0.3) is 0 Å². The van der Waals surface area contributed by atoms with E-state index in [2.05, 4.69) is 34.2 Å². The molecule has 1 N–H and O–H groups in total. The molecule has 0 atom stereocenters. The van der Waals surface area contributed by atoms with Crippen LogP contribution in [0.3, 0.4) is 0 Å². The largest absolute Gasteiger partial charge is 0.495 e. The number of halogens is 2. The van der Waals surface area contributed by atoms with Crippen LogP contribution in [0.4, 0.5) is 5.69 Å². The number of ether oxygens (including phenoxy) is 1. The molecule has 2 nitrogen and oxygen atoms in total. The molecule has 0 spiro atoms. The molecule has 0 amide bonds. The molecule has 0 bridgehead atoms. The van der Waals surface area contributed by atoms with Crippen LogP contribution in [-0.4, -0.2) is 7.11 Å². The third-order valence-electron chi connectivity index (χ3n) is 2.83. The minimum absolute atomic E-state index is 0.682. The molecule has 0 aliphatic heterocycles. The van der Waals surface area contributed by atoms with Crippen molar-refractivity contribution in [3.8, 4) is 5.75 Å². The Kier molecular flexibility index (Phi) is 4.72. The fourth-order valence-electron chi connectivity index (χ4n) is 1.83. The van der Waals surface area contributed by atoms with Gasteiger partial charge in [0, 0.05) is 16.0 Å². The zero-order chi connectivity index (χ0) is 13.8. The van der Waals surface area contributed by atoms with E-state index in [-0.39, 0.29) is 0 Å². The van der Waals surface area contributed by atoms with Gasteiger partial charge >= 0.3 is 0 Å². The second kappa shape index (κ2) is 6.31. The summed E-state index contributed by atoms with van der Waals surface area (Å²) in [5.41, 5.74) is 3.28. The fraction of sp³-hybridized carbons (Fsp3) is 0.200. The van der Waals surface area contributed by atoms with Crippen LogP contribution in [0.25, 0.3) is 0 Å². The highest BCUT2D eigenvalue weighted by Gasteiger charge is 2.05. The molecular weight excluding hydrogens is 326 g/mol. The third-order valence-corrected chi connectivity index (χ3v) is 3.84. The molecule has 4 heteroatoms. The summed E-state index contributed by atoms with van der Waals surface area (Å²) in [6.45, 7) is 2.74. The number of rotatable bonds is 4. The zero-order valence-electron chi connectivity index (χ0n) is 10.8. The van der Waals surface area contributed by atoms with Crippen molar-refractivity contribution >= 4 is 33.2 Å². The van der Waals surface area contributed by atoms with Crippen LogP contribution >= 0.6 is 27.5 Å². The Labute approximate surface area is 126 Å². The van der Waals surface area contributed by atoms with Crippen LogP contribution in [0.5, 0.6) is 5.75 Å². The quantitative estimate of drug-likeness (QED) is 0.842. The molecule has 2 aromatic rings. The molecule has 100 valence electrons. The first-order chi connectivity index (χ1) is 9.10. The lowest BCUT2D eigenvalue weighted by atomic mass is 10.2. The van der Waals surface area contributed by atoms with E-state index in [4.69, 9.17) is 16.3 Å². The summed E-state index contributed by atoms with van der Waals surface area (Å²) in [4.78, 5) is 0. The summed E-state index contributed by atoms with van der Waals surface area (Å²) >= 11 is 9.53. The minimum atomic E-state index is 0.682. The highest BCUT2D eigenvalue weighted by molar-refractivity contribution is 9.10. The van der Waals surface area contributed by atoms with E-state index in [1.165, 1.54) is 5.56 Å². The number of methoxy groups -OCH3 is 1. The number of nitrogens with one attached hydrogen (secondary N) is 1. The van der Waals surface area contributed by atoms with Gasteiger partial charge in [-0.25, -0.2) is 0 Å². The maximum Gasteiger partial charge on any atom is 0.141 e. The van der Waals surface area contributed by atoms with Crippen molar-refractivity contribution in [3.05, 3.63) is 57.0 Å². The Hall–Kier alpha value is -1.19. The molecule has 2 aromatic carbocycles. The Morgan fingerprint density at radius 1 is 1.21 bits per heavy atom. The average Bonchev–Trinajstić information content (AvgIpc) is 2.40. The summed E-state index contributed by atoms with van der Waals surface area (Å²) in [6, 6.07) is 11.8. The van der Waals surface area contributed by atoms with Crippen molar-refractivity contribution in [2.45, 2.75) is 13.5 Å². The molecule has 0 unspecified atom stereocenters. The van der Waals surface area contributed by atoms with E-state index in [9.17, 15) is 0 Å². The highest BCUT2D eigenvalue weighted by atomic mass is 79.9. The lowest BCUT2D eigenvalue weighted by molar-refractivity contribution is 0.416. The van der Waals surface area contributed by atoms with E-state index >= 15 is 0 Å². The molecule has 0 saturated carbocycles. The van der Waals surface area contributed by atoms with Crippen molar-refractivity contribution in [3.63, 3.8) is 0 Å². The monoisotopic (exact) mass is 339 g/mol. The molecule has 2 rings (SSSR count). The van der Waals surface area contributed by atoms with Crippen molar-refractivity contribution in [2.24, 2.45) is 0 Å². The van der Waals surface area contributed by atoms with Gasteiger partial charge in [-0.3, -0.25) is 0 Å². The molecule has 0 fully saturated rings. The molecule has 0 aliphatic carbocycles. The van der Waals surface area contributed by atoms with E-state index in [0.717, 1.165) is 26.5 Å². The number of anilines is 1. The van der Waals surface area contributed by atoms with Gasteiger partial charge < -0.3 is 10.1 Å². The van der Waals surface area contributed by atoms with Crippen LogP contribution in [0.2, 0.25) is 5.02 Å². The third kappa shape index (κ3) is 3.64. The van der Waals surface area contributed by atoms with E-state index in [1.54, 1.807) is 7.11 Å². The minimum Gasteiger partial charge on any atom is -0.495 e. The second-order valence-corrected chi connectivity index (χ2v) is 5.58. The zero-order valence-corrected chi connectivity index (χ0v) is 13.2. The van der Waals surface area contributed by atoms with E-state index < -0.39 is 0 Å². The summed E-state index contributed by atoms with van der Waals surface area (Å²) in [6.07, 6.45) is 0. The lowest BCUT2D eigenvalue weighted by Gasteiger charge is -2.13. The maximum absolute atomic E-state index is 6.01. The van der Waals surface area contributed by atoms with Gasteiger partial charge in [0.1, 0.15) is 5.75 Å². The molecule has 0 heterocycles. The van der Waals surface area contributed by atoms with Crippen molar-refractivity contribution < 1.29 is 4.74 Å². The molecule has 0 saturated heterocycles. The van der Waals surface area contributed by atoms with Gasteiger partial charge in [-0.1, -0.05) is 33.6 Å². The van der Waals surface area contributed by atoms with Crippen molar-refractivity contribution in [2.75, 3.05) is 12.4 Å². The molecular formula is C15H15BrClNO. The Balaban J connectivity index is 2.18. The molecule has 19 heavy (non-hydrogen) atoms. The predicted octanol–water partition coefficient (Wildman–Crippen LogP) is 5.03. The summed E-state index contributed by atoms with van der Waals surface area (Å²) in [7, 11) is 1.67. The standard InChI is InChI=1S/C15H15BrClNO/c1-10-3-6-15(19-2)14(7-10)18-9-11-8-12(17)4-5-13(11)16/h3-8,18H,9H2,1-2H3. The number of hydrogen-bond acceptors (Lipinski definition) is 2. The Bertz CT molecular complexity index is 586. The van der Waals surface area contributed by atoms with Crippen LogP contribution in [0.1, 0.15) is 11.1 Å². The Morgan fingerprint density at radius 3 is 2.74 bits per heavy atom. The summed E-state index contributed by atoms with van der Waals surface area (Å²) < 4.78 is 6.38. The molecule has 0 aromatic heterocycles. The van der Waals surface area contributed by atoms with Crippen LogP contribution in [-0.2, 0) is 6.54 Å².